The molecular formula is C22H22N2O3S. The van der Waals surface area contributed by atoms with E-state index in [1.165, 1.54) is 17.0 Å². The van der Waals surface area contributed by atoms with Crippen molar-refractivity contribution < 1.29 is 13.2 Å². The molecule has 0 fully saturated rings. The third kappa shape index (κ3) is 4.23. The van der Waals surface area contributed by atoms with Crippen molar-refractivity contribution in [2.24, 2.45) is 0 Å². The van der Waals surface area contributed by atoms with E-state index in [4.69, 9.17) is 0 Å². The Morgan fingerprint density at radius 3 is 2.18 bits per heavy atom. The van der Waals surface area contributed by atoms with Crippen molar-refractivity contribution in [2.75, 3.05) is 16.7 Å². The van der Waals surface area contributed by atoms with E-state index in [0.29, 0.717) is 16.8 Å². The Hall–Kier alpha value is -3.12. The fraction of sp³-hybridized carbons (Fsp3) is 0.136. The van der Waals surface area contributed by atoms with Crippen LogP contribution >= 0.6 is 0 Å². The lowest BCUT2D eigenvalue weighted by Gasteiger charge is -2.19. The molecule has 1 N–H and O–H groups in total. The van der Waals surface area contributed by atoms with Crippen molar-refractivity contribution in [2.45, 2.75) is 18.7 Å². The Morgan fingerprint density at radius 1 is 0.893 bits per heavy atom. The average molecular weight is 394 g/mol. The van der Waals surface area contributed by atoms with E-state index in [-0.39, 0.29) is 10.8 Å². The summed E-state index contributed by atoms with van der Waals surface area (Å²) in [5, 5.41) is 0. The summed E-state index contributed by atoms with van der Waals surface area (Å²) in [4.78, 5) is 14.5. The third-order valence-electron chi connectivity index (χ3n) is 4.50. The van der Waals surface area contributed by atoms with Gasteiger partial charge in [-0.15, -0.1) is 0 Å². The second kappa shape index (κ2) is 7.86. The minimum atomic E-state index is -3.81. The number of benzene rings is 3. The van der Waals surface area contributed by atoms with Crippen LogP contribution in [0, 0.1) is 13.8 Å². The number of rotatable bonds is 5. The van der Waals surface area contributed by atoms with Crippen LogP contribution in [-0.4, -0.2) is 21.4 Å². The molecular weight excluding hydrogens is 372 g/mol. The summed E-state index contributed by atoms with van der Waals surface area (Å²) in [5.41, 5.74) is 3.30. The number of hydrogen-bond acceptors (Lipinski definition) is 3. The quantitative estimate of drug-likeness (QED) is 0.698. The molecule has 5 nitrogen and oxygen atoms in total. The van der Waals surface area contributed by atoms with E-state index in [2.05, 4.69) is 4.72 Å². The minimum absolute atomic E-state index is 0.0449. The maximum Gasteiger partial charge on any atom is 0.261 e. The molecule has 0 aromatic heterocycles. The lowest BCUT2D eigenvalue weighted by Crippen LogP contribution is -2.27. The zero-order valence-corrected chi connectivity index (χ0v) is 16.8. The molecule has 3 aromatic rings. The molecule has 144 valence electrons. The van der Waals surface area contributed by atoms with Crippen LogP contribution in [0.4, 0.5) is 11.4 Å². The van der Waals surface area contributed by atoms with Crippen LogP contribution < -0.4 is 9.62 Å². The van der Waals surface area contributed by atoms with Gasteiger partial charge >= 0.3 is 0 Å². The van der Waals surface area contributed by atoms with Gasteiger partial charge in [-0.2, -0.15) is 0 Å². The van der Waals surface area contributed by atoms with Gasteiger partial charge in [0.2, 0.25) is 0 Å². The molecule has 0 aliphatic rings. The molecule has 0 heterocycles. The number of amides is 1. The van der Waals surface area contributed by atoms with Gasteiger partial charge in [0.25, 0.3) is 15.9 Å². The first-order valence-corrected chi connectivity index (χ1v) is 10.3. The smallest absolute Gasteiger partial charge is 0.261 e. The van der Waals surface area contributed by atoms with Crippen LogP contribution in [0.3, 0.4) is 0 Å². The first-order chi connectivity index (χ1) is 13.3. The lowest BCUT2D eigenvalue weighted by atomic mass is 10.1. The molecule has 1 amide bonds. The SMILES string of the molecule is Cc1ccc(NS(=O)(=O)c2ccc(C)c(C(=O)N(C)c3ccccc3)c2)cc1. The molecule has 3 rings (SSSR count). The van der Waals surface area contributed by atoms with E-state index < -0.39 is 10.0 Å². The highest BCUT2D eigenvalue weighted by atomic mass is 32.2. The van der Waals surface area contributed by atoms with Crippen molar-refractivity contribution in [3.63, 3.8) is 0 Å². The molecule has 0 saturated heterocycles. The fourth-order valence-electron chi connectivity index (χ4n) is 2.78. The molecule has 0 unspecified atom stereocenters. The zero-order chi connectivity index (χ0) is 20.3. The number of carbonyl (C=O) groups is 1. The van der Waals surface area contributed by atoms with Crippen molar-refractivity contribution >= 4 is 27.3 Å². The van der Waals surface area contributed by atoms with Crippen molar-refractivity contribution in [3.8, 4) is 0 Å². The fourth-order valence-corrected chi connectivity index (χ4v) is 3.87. The molecule has 3 aromatic carbocycles. The van der Waals surface area contributed by atoms with Gasteiger partial charge in [-0.05, 0) is 55.8 Å². The van der Waals surface area contributed by atoms with Gasteiger partial charge in [-0.1, -0.05) is 42.0 Å². The van der Waals surface area contributed by atoms with Crippen LogP contribution in [0.2, 0.25) is 0 Å². The highest BCUT2D eigenvalue weighted by Gasteiger charge is 2.21. The van der Waals surface area contributed by atoms with Gasteiger partial charge in [0.1, 0.15) is 0 Å². The van der Waals surface area contributed by atoms with Crippen LogP contribution in [0.15, 0.2) is 77.7 Å². The number of sulfonamides is 1. The Bertz CT molecular complexity index is 1090. The molecule has 0 aliphatic heterocycles. The molecule has 6 heteroatoms. The van der Waals surface area contributed by atoms with Gasteiger partial charge in [0.15, 0.2) is 0 Å². The third-order valence-corrected chi connectivity index (χ3v) is 5.88. The number of nitrogens with zero attached hydrogens (tertiary/aromatic N) is 1. The van der Waals surface area contributed by atoms with Gasteiger partial charge in [0.05, 0.1) is 4.90 Å². The molecule has 0 aliphatic carbocycles. The van der Waals surface area contributed by atoms with Crippen molar-refractivity contribution in [1.82, 2.24) is 0 Å². The summed E-state index contributed by atoms with van der Waals surface area (Å²) in [6.07, 6.45) is 0. The predicted molar refractivity (Wildman–Crippen MR) is 112 cm³/mol. The number of anilines is 2. The Kier molecular flexibility index (Phi) is 5.51. The minimum Gasteiger partial charge on any atom is -0.311 e. The standard InChI is InChI=1S/C22H22N2O3S/c1-16-9-12-18(13-10-16)23-28(26,27)20-14-11-17(2)21(15-20)22(25)24(3)19-7-5-4-6-8-19/h4-15,23H,1-3H3. The molecule has 0 spiro atoms. The molecule has 0 radical (unpaired) electrons. The van der Waals surface area contributed by atoms with Crippen LogP contribution in [0.1, 0.15) is 21.5 Å². The van der Waals surface area contributed by atoms with Crippen molar-refractivity contribution in [1.29, 1.82) is 0 Å². The van der Waals surface area contributed by atoms with Crippen LogP contribution in [-0.2, 0) is 10.0 Å². The maximum absolute atomic E-state index is 13.0. The summed E-state index contributed by atoms with van der Waals surface area (Å²) in [6, 6.07) is 20.9. The Labute approximate surface area is 165 Å². The molecule has 0 bridgehead atoms. The van der Waals surface area contributed by atoms with Crippen LogP contribution in [0.5, 0.6) is 0 Å². The molecule has 0 saturated carbocycles. The Balaban J connectivity index is 1.92. The van der Waals surface area contributed by atoms with E-state index >= 15 is 0 Å². The second-order valence-corrected chi connectivity index (χ2v) is 8.33. The van der Waals surface area contributed by atoms with Gasteiger partial charge in [-0.3, -0.25) is 9.52 Å². The van der Waals surface area contributed by atoms with Gasteiger partial charge in [0, 0.05) is 24.0 Å². The van der Waals surface area contributed by atoms with E-state index in [0.717, 1.165) is 11.3 Å². The monoisotopic (exact) mass is 394 g/mol. The van der Waals surface area contributed by atoms with E-state index in [1.807, 2.05) is 49.4 Å². The Morgan fingerprint density at radius 2 is 1.54 bits per heavy atom. The molecule has 0 atom stereocenters. The first kappa shape index (κ1) is 19.6. The summed E-state index contributed by atoms with van der Waals surface area (Å²) < 4.78 is 28.1. The van der Waals surface area contributed by atoms with E-state index in [9.17, 15) is 13.2 Å². The lowest BCUT2D eigenvalue weighted by molar-refractivity contribution is 0.0992. The second-order valence-electron chi connectivity index (χ2n) is 6.65. The normalized spacial score (nSPS) is 11.1. The topological polar surface area (TPSA) is 66.5 Å². The first-order valence-electron chi connectivity index (χ1n) is 8.81. The van der Waals surface area contributed by atoms with E-state index in [1.54, 1.807) is 32.2 Å². The number of hydrogen-bond donors (Lipinski definition) is 1. The largest absolute Gasteiger partial charge is 0.311 e. The molecule has 28 heavy (non-hydrogen) atoms. The number of para-hydroxylation sites is 1. The van der Waals surface area contributed by atoms with Gasteiger partial charge in [-0.25, -0.2) is 8.42 Å². The summed E-state index contributed by atoms with van der Waals surface area (Å²) in [5.74, 6) is -0.268. The number of carbonyl (C=O) groups excluding carboxylic acids is 1. The zero-order valence-electron chi connectivity index (χ0n) is 16.0. The summed E-state index contributed by atoms with van der Waals surface area (Å²) >= 11 is 0. The summed E-state index contributed by atoms with van der Waals surface area (Å²) in [7, 11) is -2.14. The van der Waals surface area contributed by atoms with Gasteiger partial charge < -0.3 is 4.90 Å². The van der Waals surface area contributed by atoms with Crippen molar-refractivity contribution in [3.05, 3.63) is 89.5 Å². The highest BCUT2D eigenvalue weighted by Crippen LogP contribution is 2.22. The predicted octanol–water partition coefficient (Wildman–Crippen LogP) is 4.38. The highest BCUT2D eigenvalue weighted by molar-refractivity contribution is 7.92. The average Bonchev–Trinajstić information content (AvgIpc) is 2.69. The number of nitrogens with one attached hydrogen (secondary N) is 1. The number of aryl methyl sites for hydroxylation is 2. The van der Waals surface area contributed by atoms with Crippen LogP contribution in [0.25, 0.3) is 0 Å². The maximum atomic E-state index is 13.0. The summed E-state index contributed by atoms with van der Waals surface area (Å²) in [6.45, 7) is 3.72.